The Balaban J connectivity index is 0.00000361. The monoisotopic (exact) mass is 297 g/mol. The summed E-state index contributed by atoms with van der Waals surface area (Å²) in [5.41, 5.74) is 2.52. The van der Waals surface area contributed by atoms with Crippen LogP contribution in [-0.2, 0) is 15.1 Å². The predicted molar refractivity (Wildman–Crippen MR) is 85.0 cm³/mol. The van der Waals surface area contributed by atoms with Crippen molar-refractivity contribution >= 4 is 18.4 Å². The third-order valence-corrected chi connectivity index (χ3v) is 3.01. The van der Waals surface area contributed by atoms with Crippen LogP contribution in [0.2, 0.25) is 0 Å². The minimum atomic E-state index is -0.376. The van der Waals surface area contributed by atoms with Gasteiger partial charge in [0.05, 0.1) is 0 Å². The number of carbonyl (C=O) groups is 1. The highest BCUT2D eigenvalue weighted by Crippen LogP contribution is 2.24. The number of carbonyl (C=O) groups excluding carboxylic acids is 1. The highest BCUT2D eigenvalue weighted by atomic mass is 35.5. The van der Waals surface area contributed by atoms with E-state index in [0.29, 0.717) is 5.57 Å². The van der Waals surface area contributed by atoms with Gasteiger partial charge in [-0.25, -0.2) is 4.79 Å². The van der Waals surface area contributed by atoms with Gasteiger partial charge in [-0.1, -0.05) is 30.8 Å². The van der Waals surface area contributed by atoms with Gasteiger partial charge in [-0.3, -0.25) is 5.32 Å². The molecule has 0 saturated carbocycles. The Labute approximate surface area is 127 Å². The number of ether oxygens (including phenoxy) is 1. The molecule has 0 saturated heterocycles. The summed E-state index contributed by atoms with van der Waals surface area (Å²) < 4.78 is 5.26. The number of aryl methyl sites for hydroxylation is 1. The number of benzene rings is 1. The summed E-state index contributed by atoms with van der Waals surface area (Å²) in [5.74, 6) is -0.374. The molecule has 0 spiro atoms. The summed E-state index contributed by atoms with van der Waals surface area (Å²) in [6, 6.07) is 8.18. The van der Waals surface area contributed by atoms with Gasteiger partial charge in [-0.2, -0.15) is 0 Å². The van der Waals surface area contributed by atoms with Crippen LogP contribution in [-0.4, -0.2) is 12.2 Å². The molecule has 1 aromatic rings. The van der Waals surface area contributed by atoms with Gasteiger partial charge in [0, 0.05) is 11.1 Å². The van der Waals surface area contributed by atoms with Crippen molar-refractivity contribution in [3.8, 4) is 0 Å². The molecule has 0 aliphatic rings. The first-order chi connectivity index (χ1) is 8.74. The fourth-order valence-corrected chi connectivity index (χ4v) is 2.15. The van der Waals surface area contributed by atoms with Crippen LogP contribution in [0.5, 0.6) is 0 Å². The largest absolute Gasteiger partial charge is 0.444 e. The standard InChI is InChI=1S/C16H23NO2.ClH/c1-11(2)15(18)19-13(4)17-16(5,6)14-10-8-7-9-12(14)3;/h7-10,13,17H,1H2,2-6H3;1H. The van der Waals surface area contributed by atoms with Crippen molar-refractivity contribution in [3.63, 3.8) is 0 Å². The van der Waals surface area contributed by atoms with Crippen LogP contribution in [0.1, 0.15) is 38.8 Å². The Morgan fingerprint density at radius 1 is 1.35 bits per heavy atom. The lowest BCUT2D eigenvalue weighted by Gasteiger charge is -2.31. The van der Waals surface area contributed by atoms with Crippen LogP contribution >= 0.6 is 12.4 Å². The van der Waals surface area contributed by atoms with Crippen LogP contribution in [0.25, 0.3) is 0 Å². The van der Waals surface area contributed by atoms with Crippen molar-refractivity contribution in [2.45, 2.75) is 46.4 Å². The first kappa shape index (κ1) is 18.7. The minimum Gasteiger partial charge on any atom is -0.444 e. The minimum absolute atomic E-state index is 0. The second-order valence-electron chi connectivity index (χ2n) is 5.41. The first-order valence-corrected chi connectivity index (χ1v) is 6.44. The molecule has 112 valence electrons. The van der Waals surface area contributed by atoms with E-state index < -0.39 is 0 Å². The van der Waals surface area contributed by atoms with Crippen LogP contribution in [0.15, 0.2) is 36.4 Å². The van der Waals surface area contributed by atoms with Crippen LogP contribution < -0.4 is 5.32 Å². The lowest BCUT2D eigenvalue weighted by Crippen LogP contribution is -2.44. The number of halogens is 1. The lowest BCUT2D eigenvalue weighted by atomic mass is 9.90. The number of rotatable bonds is 5. The number of hydrogen-bond donors (Lipinski definition) is 1. The number of nitrogens with one attached hydrogen (secondary N) is 1. The molecule has 1 rings (SSSR count). The molecule has 1 atom stereocenters. The third kappa shape index (κ3) is 4.99. The molecule has 0 bridgehead atoms. The second-order valence-corrected chi connectivity index (χ2v) is 5.41. The Morgan fingerprint density at radius 2 is 1.90 bits per heavy atom. The zero-order valence-electron chi connectivity index (χ0n) is 12.8. The van der Waals surface area contributed by atoms with E-state index in [1.165, 1.54) is 11.1 Å². The predicted octanol–water partition coefficient (Wildman–Crippen LogP) is 3.71. The van der Waals surface area contributed by atoms with Gasteiger partial charge in [-0.05, 0) is 45.7 Å². The summed E-state index contributed by atoms with van der Waals surface area (Å²) >= 11 is 0. The molecule has 0 fully saturated rings. The average Bonchev–Trinajstić information content (AvgIpc) is 2.27. The van der Waals surface area contributed by atoms with E-state index in [1.807, 2.05) is 19.1 Å². The van der Waals surface area contributed by atoms with Crippen LogP contribution in [0.3, 0.4) is 0 Å². The summed E-state index contributed by atoms with van der Waals surface area (Å²) in [6.45, 7) is 13.2. The Bertz CT molecular complexity index is 483. The molecule has 1 unspecified atom stereocenters. The van der Waals surface area contributed by atoms with Gasteiger partial charge in [0.15, 0.2) is 6.23 Å². The molecule has 0 aliphatic carbocycles. The van der Waals surface area contributed by atoms with Crippen molar-refractivity contribution in [2.75, 3.05) is 0 Å². The van der Waals surface area contributed by atoms with E-state index >= 15 is 0 Å². The van der Waals surface area contributed by atoms with Gasteiger partial charge < -0.3 is 4.74 Å². The van der Waals surface area contributed by atoms with Gasteiger partial charge in [0.1, 0.15) is 0 Å². The first-order valence-electron chi connectivity index (χ1n) is 6.44. The molecule has 0 radical (unpaired) electrons. The number of esters is 1. The number of hydrogen-bond acceptors (Lipinski definition) is 3. The molecule has 0 aromatic heterocycles. The Morgan fingerprint density at radius 3 is 2.40 bits per heavy atom. The van der Waals surface area contributed by atoms with Crippen molar-refractivity contribution in [3.05, 3.63) is 47.5 Å². The second kappa shape index (κ2) is 7.46. The third-order valence-electron chi connectivity index (χ3n) is 3.01. The van der Waals surface area contributed by atoms with Gasteiger partial charge in [0.25, 0.3) is 0 Å². The summed E-state index contributed by atoms with van der Waals surface area (Å²) in [5, 5.41) is 3.31. The molecular formula is C16H24ClNO2. The molecule has 1 aromatic carbocycles. The molecule has 20 heavy (non-hydrogen) atoms. The van der Waals surface area contributed by atoms with Crippen molar-refractivity contribution in [2.24, 2.45) is 0 Å². The van der Waals surface area contributed by atoms with E-state index in [-0.39, 0.29) is 30.1 Å². The SMILES string of the molecule is C=C(C)C(=O)OC(C)NC(C)(C)c1ccccc1C.Cl. The molecule has 1 N–H and O–H groups in total. The van der Waals surface area contributed by atoms with Crippen LogP contribution in [0, 0.1) is 6.92 Å². The zero-order chi connectivity index (χ0) is 14.6. The van der Waals surface area contributed by atoms with Gasteiger partial charge in [-0.15, -0.1) is 12.4 Å². The molecule has 0 amide bonds. The van der Waals surface area contributed by atoms with Crippen LogP contribution in [0.4, 0.5) is 0 Å². The fourth-order valence-electron chi connectivity index (χ4n) is 2.15. The summed E-state index contributed by atoms with van der Waals surface area (Å²) in [6.07, 6.45) is -0.376. The lowest BCUT2D eigenvalue weighted by molar-refractivity contribution is -0.145. The zero-order valence-corrected chi connectivity index (χ0v) is 13.6. The van der Waals surface area contributed by atoms with Crippen molar-refractivity contribution in [1.82, 2.24) is 5.32 Å². The smallest absolute Gasteiger partial charge is 0.334 e. The highest BCUT2D eigenvalue weighted by molar-refractivity contribution is 5.87. The maximum Gasteiger partial charge on any atom is 0.334 e. The molecule has 3 nitrogen and oxygen atoms in total. The maximum absolute atomic E-state index is 11.5. The normalized spacial score (nSPS) is 12.2. The highest BCUT2D eigenvalue weighted by Gasteiger charge is 2.25. The van der Waals surface area contributed by atoms with Gasteiger partial charge >= 0.3 is 5.97 Å². The molecule has 4 heteroatoms. The summed E-state index contributed by atoms with van der Waals surface area (Å²) in [4.78, 5) is 11.5. The Hall–Kier alpha value is -1.32. The van der Waals surface area contributed by atoms with E-state index in [9.17, 15) is 4.79 Å². The van der Waals surface area contributed by atoms with Crippen molar-refractivity contribution < 1.29 is 9.53 Å². The fraction of sp³-hybridized carbons (Fsp3) is 0.438. The Kier molecular flexibility index (Phi) is 6.97. The van der Waals surface area contributed by atoms with E-state index in [0.717, 1.165) is 0 Å². The molecule has 0 heterocycles. The van der Waals surface area contributed by atoms with E-state index in [2.05, 4.69) is 44.8 Å². The molecular weight excluding hydrogens is 274 g/mol. The maximum atomic E-state index is 11.5. The molecule has 0 aliphatic heterocycles. The van der Waals surface area contributed by atoms with E-state index in [1.54, 1.807) is 6.92 Å². The van der Waals surface area contributed by atoms with Gasteiger partial charge in [0.2, 0.25) is 0 Å². The quantitative estimate of drug-likeness (QED) is 0.511. The average molecular weight is 298 g/mol. The summed E-state index contributed by atoms with van der Waals surface area (Å²) in [7, 11) is 0. The van der Waals surface area contributed by atoms with E-state index in [4.69, 9.17) is 4.74 Å². The van der Waals surface area contributed by atoms with Crippen molar-refractivity contribution in [1.29, 1.82) is 0 Å². The topological polar surface area (TPSA) is 38.3 Å².